The Hall–Kier alpha value is -5.25. The zero-order valence-corrected chi connectivity index (χ0v) is 20.6. The smallest absolute Gasteiger partial charge is 0.279 e. The van der Waals surface area contributed by atoms with Gasteiger partial charge in [-0.3, -0.25) is 19.4 Å². The van der Waals surface area contributed by atoms with Gasteiger partial charge in [-0.1, -0.05) is 36.4 Å². The molecule has 2 amide bonds. The van der Waals surface area contributed by atoms with E-state index in [2.05, 4.69) is 20.7 Å². The molecule has 190 valence electrons. The lowest BCUT2D eigenvalue weighted by molar-refractivity contribution is -0.115. The number of para-hydroxylation sites is 1. The Morgan fingerprint density at radius 2 is 1.63 bits per heavy atom. The Balaban J connectivity index is 1.41. The van der Waals surface area contributed by atoms with Crippen molar-refractivity contribution in [2.45, 2.75) is 0 Å². The molecule has 38 heavy (non-hydrogen) atoms. The van der Waals surface area contributed by atoms with E-state index >= 15 is 0 Å². The van der Waals surface area contributed by atoms with Gasteiger partial charge in [-0.2, -0.15) is 9.78 Å². The first-order valence-corrected chi connectivity index (χ1v) is 11.7. The van der Waals surface area contributed by atoms with E-state index in [0.717, 1.165) is 15.6 Å². The van der Waals surface area contributed by atoms with E-state index in [-0.39, 0.29) is 12.2 Å². The average molecular weight is 510 g/mol. The molecule has 0 aliphatic heterocycles. The maximum absolute atomic E-state index is 13.2. The first-order valence-electron chi connectivity index (χ1n) is 11.7. The summed E-state index contributed by atoms with van der Waals surface area (Å²) in [6, 6.07) is 20.9. The average Bonchev–Trinajstić information content (AvgIpc) is 2.96. The molecule has 0 saturated heterocycles. The number of ether oxygens (including phenoxy) is 2. The van der Waals surface area contributed by atoms with Gasteiger partial charge in [0.15, 0.2) is 17.2 Å². The summed E-state index contributed by atoms with van der Waals surface area (Å²) in [6.07, 6.45) is 1.55. The number of carbonyl (C=O) groups excluding carboxylic acids is 2. The van der Waals surface area contributed by atoms with Gasteiger partial charge in [0.2, 0.25) is 5.91 Å². The van der Waals surface area contributed by atoms with E-state index in [9.17, 15) is 14.4 Å². The van der Waals surface area contributed by atoms with Crippen LogP contribution in [0.15, 0.2) is 83.8 Å². The largest absolute Gasteiger partial charge is 0.493 e. The van der Waals surface area contributed by atoms with Crippen LogP contribution in [-0.4, -0.2) is 47.3 Å². The van der Waals surface area contributed by atoms with Gasteiger partial charge in [-0.05, 0) is 30.3 Å². The van der Waals surface area contributed by atoms with Crippen molar-refractivity contribution in [3.05, 3.63) is 95.0 Å². The van der Waals surface area contributed by atoms with Crippen LogP contribution in [0.5, 0.6) is 11.5 Å². The number of aromatic nitrogens is 3. The summed E-state index contributed by atoms with van der Waals surface area (Å²) in [5.41, 5.74) is 1.28. The summed E-state index contributed by atoms with van der Waals surface area (Å²) < 4.78 is 11.7. The first kappa shape index (κ1) is 24.4. The van der Waals surface area contributed by atoms with E-state index in [1.165, 1.54) is 14.2 Å². The number of benzene rings is 3. The highest BCUT2D eigenvalue weighted by Crippen LogP contribution is 2.29. The Morgan fingerprint density at radius 3 is 2.42 bits per heavy atom. The number of amides is 2. The maximum Gasteiger partial charge on any atom is 0.279 e. The molecule has 0 radical (unpaired) electrons. The molecule has 0 spiro atoms. The maximum atomic E-state index is 13.2. The zero-order valence-electron chi connectivity index (χ0n) is 20.6. The minimum Gasteiger partial charge on any atom is -0.493 e. The lowest BCUT2D eigenvalue weighted by atomic mass is 10.1. The number of nitrogens with zero attached hydrogens (tertiary/aromatic N) is 3. The molecular formula is C28H23N5O5. The molecule has 0 aliphatic carbocycles. The van der Waals surface area contributed by atoms with Crippen LogP contribution in [0.1, 0.15) is 10.5 Å². The quantitative estimate of drug-likeness (QED) is 0.345. The van der Waals surface area contributed by atoms with Gasteiger partial charge >= 0.3 is 0 Å². The molecule has 5 aromatic rings. The van der Waals surface area contributed by atoms with Crippen LogP contribution < -0.4 is 25.7 Å². The van der Waals surface area contributed by atoms with Crippen LogP contribution in [0.3, 0.4) is 0 Å². The van der Waals surface area contributed by atoms with Crippen LogP contribution >= 0.6 is 0 Å². The fourth-order valence-electron chi connectivity index (χ4n) is 4.08. The predicted molar refractivity (Wildman–Crippen MR) is 143 cm³/mol. The Morgan fingerprint density at radius 1 is 0.895 bits per heavy atom. The van der Waals surface area contributed by atoms with E-state index in [1.54, 1.807) is 54.7 Å². The molecule has 0 fully saturated rings. The highest BCUT2D eigenvalue weighted by atomic mass is 16.5. The summed E-state index contributed by atoms with van der Waals surface area (Å²) in [7, 11) is 2.99. The van der Waals surface area contributed by atoms with Crippen molar-refractivity contribution in [3.63, 3.8) is 0 Å². The minimum absolute atomic E-state index is 0.00448. The molecule has 2 N–H and O–H groups in total. The summed E-state index contributed by atoms with van der Waals surface area (Å²) in [5.74, 6) is -0.163. The van der Waals surface area contributed by atoms with Crippen LogP contribution in [-0.2, 0) is 4.79 Å². The lowest BCUT2D eigenvalue weighted by Gasteiger charge is -2.13. The monoisotopic (exact) mass is 509 g/mol. The van der Waals surface area contributed by atoms with Crippen molar-refractivity contribution < 1.29 is 19.1 Å². The van der Waals surface area contributed by atoms with E-state index in [1.807, 2.05) is 24.3 Å². The van der Waals surface area contributed by atoms with Gasteiger partial charge in [-0.15, -0.1) is 0 Å². The van der Waals surface area contributed by atoms with E-state index in [0.29, 0.717) is 33.6 Å². The molecule has 0 saturated carbocycles. The van der Waals surface area contributed by atoms with Crippen molar-refractivity contribution in [1.82, 2.24) is 20.1 Å². The van der Waals surface area contributed by atoms with Crippen molar-refractivity contribution in [3.8, 4) is 17.2 Å². The molecule has 2 heterocycles. The third kappa shape index (κ3) is 4.74. The number of anilines is 1. The number of methoxy groups -OCH3 is 2. The molecule has 3 aromatic carbocycles. The minimum atomic E-state index is -0.609. The van der Waals surface area contributed by atoms with Gasteiger partial charge in [0.05, 0.1) is 49.2 Å². The molecule has 10 heteroatoms. The third-order valence-corrected chi connectivity index (χ3v) is 5.92. The van der Waals surface area contributed by atoms with Crippen LogP contribution in [0.4, 0.5) is 5.69 Å². The van der Waals surface area contributed by atoms with Gasteiger partial charge in [0, 0.05) is 16.8 Å². The Bertz CT molecular complexity index is 1750. The summed E-state index contributed by atoms with van der Waals surface area (Å²) in [4.78, 5) is 43.3. The number of fused-ring (bicyclic) bond motifs is 2. The summed E-state index contributed by atoms with van der Waals surface area (Å²) in [5, 5.41) is 11.2. The Labute approximate surface area is 216 Å². The Kier molecular flexibility index (Phi) is 6.68. The fourth-order valence-corrected chi connectivity index (χ4v) is 4.08. The number of nitrogens with one attached hydrogen (secondary N) is 2. The molecule has 5 rings (SSSR count). The van der Waals surface area contributed by atoms with Gasteiger partial charge in [0.25, 0.3) is 11.5 Å². The van der Waals surface area contributed by atoms with Crippen LogP contribution in [0.2, 0.25) is 0 Å². The van der Waals surface area contributed by atoms with Gasteiger partial charge in [0.1, 0.15) is 0 Å². The van der Waals surface area contributed by atoms with E-state index < -0.39 is 17.4 Å². The predicted octanol–water partition coefficient (Wildman–Crippen LogP) is 3.32. The standard InChI is InChI=1S/C28H23N5O5/c1-37-23-12-11-19(14-24(23)38-2)33-28(36)21-9-5-4-8-20(21)26(32-33)27(35)30-16-25(34)31-18-13-17-7-3-6-10-22(17)29-15-18/h3-15H,16H2,1-2H3,(H,30,35)(H,31,34). The SMILES string of the molecule is COc1ccc(-n2nc(C(=O)NCC(=O)Nc3cnc4ccccc4c3)c3ccccc3c2=O)cc1OC. The zero-order chi connectivity index (χ0) is 26.6. The number of pyridine rings is 1. The second-order valence-electron chi connectivity index (χ2n) is 8.30. The topological polar surface area (TPSA) is 124 Å². The second-order valence-corrected chi connectivity index (χ2v) is 8.30. The molecule has 2 aromatic heterocycles. The van der Waals surface area contributed by atoms with E-state index in [4.69, 9.17) is 9.47 Å². The van der Waals surface area contributed by atoms with Crippen molar-refractivity contribution in [1.29, 1.82) is 0 Å². The van der Waals surface area contributed by atoms with Gasteiger partial charge in [-0.25, -0.2) is 0 Å². The third-order valence-electron chi connectivity index (χ3n) is 5.92. The fraction of sp³-hybridized carbons (Fsp3) is 0.107. The number of rotatable bonds is 7. The number of carbonyl (C=O) groups is 2. The normalized spacial score (nSPS) is 10.8. The van der Waals surface area contributed by atoms with Gasteiger partial charge < -0.3 is 20.1 Å². The summed E-state index contributed by atoms with van der Waals surface area (Å²) in [6.45, 7) is -0.308. The van der Waals surface area contributed by atoms with Crippen molar-refractivity contribution >= 4 is 39.2 Å². The lowest BCUT2D eigenvalue weighted by Crippen LogP contribution is -2.35. The summed E-state index contributed by atoms with van der Waals surface area (Å²) >= 11 is 0. The molecular weight excluding hydrogens is 486 g/mol. The number of hydrogen-bond acceptors (Lipinski definition) is 7. The molecule has 0 aliphatic rings. The highest BCUT2D eigenvalue weighted by Gasteiger charge is 2.19. The van der Waals surface area contributed by atoms with Crippen LogP contribution in [0, 0.1) is 0 Å². The molecule has 10 nitrogen and oxygen atoms in total. The molecule has 0 unspecified atom stereocenters. The van der Waals surface area contributed by atoms with Crippen LogP contribution in [0.25, 0.3) is 27.4 Å². The van der Waals surface area contributed by atoms with Crippen molar-refractivity contribution in [2.24, 2.45) is 0 Å². The van der Waals surface area contributed by atoms with Crippen molar-refractivity contribution in [2.75, 3.05) is 26.1 Å². The first-order chi connectivity index (χ1) is 18.5. The second kappa shape index (κ2) is 10.4. The molecule has 0 atom stereocenters. The number of hydrogen-bond donors (Lipinski definition) is 2. The molecule has 0 bridgehead atoms. The highest BCUT2D eigenvalue weighted by molar-refractivity contribution is 6.06.